The van der Waals surface area contributed by atoms with Crippen molar-refractivity contribution in [2.45, 2.75) is 6.92 Å². The van der Waals surface area contributed by atoms with Crippen LogP contribution in [0.15, 0.2) is 18.2 Å². The van der Waals surface area contributed by atoms with Gasteiger partial charge in [0.15, 0.2) is 0 Å². The molecule has 1 heterocycles. The number of carbonyl (C=O) groups is 2. The van der Waals surface area contributed by atoms with Crippen LogP contribution < -0.4 is 5.32 Å². The Bertz CT molecular complexity index is 547. The Balaban J connectivity index is 2.04. The molecule has 0 aromatic heterocycles. The summed E-state index contributed by atoms with van der Waals surface area (Å²) in [6.45, 7) is 1.76. The van der Waals surface area contributed by atoms with Gasteiger partial charge in [0.05, 0.1) is 5.75 Å². The highest BCUT2D eigenvalue weighted by Gasteiger charge is 2.28. The van der Waals surface area contributed by atoms with Crippen molar-refractivity contribution in [3.63, 3.8) is 0 Å². The second kappa shape index (κ2) is 5.90. The summed E-state index contributed by atoms with van der Waals surface area (Å²) in [5, 5.41) is 3.32. The molecule has 0 saturated carbocycles. The van der Waals surface area contributed by atoms with Gasteiger partial charge in [0.2, 0.25) is 11.8 Å². The third-order valence-electron chi connectivity index (χ3n) is 2.68. The quantitative estimate of drug-likeness (QED) is 0.871. The molecule has 1 aliphatic heterocycles. The Labute approximate surface area is 125 Å². The topological polar surface area (TPSA) is 49.4 Å². The van der Waals surface area contributed by atoms with Crippen LogP contribution in [0.2, 0.25) is 5.02 Å². The van der Waals surface area contributed by atoms with Crippen molar-refractivity contribution in [3.8, 4) is 0 Å². The smallest absolute Gasteiger partial charge is 0.244 e. The molecule has 1 saturated heterocycles. The van der Waals surface area contributed by atoms with E-state index in [1.54, 1.807) is 18.2 Å². The van der Waals surface area contributed by atoms with Gasteiger partial charge in [0.25, 0.3) is 0 Å². The Morgan fingerprint density at radius 2 is 2.32 bits per heavy atom. The highest BCUT2D eigenvalue weighted by Crippen LogP contribution is 2.23. The molecule has 2 amide bonds. The summed E-state index contributed by atoms with van der Waals surface area (Å²) in [5.74, 6) is -0.112. The molecule has 0 atom stereocenters. The average molecular weight is 315 g/mol. The van der Waals surface area contributed by atoms with E-state index in [0.717, 1.165) is 5.56 Å². The van der Waals surface area contributed by atoms with Gasteiger partial charge >= 0.3 is 0 Å². The predicted molar refractivity (Wildman–Crippen MR) is 81.6 cm³/mol. The number of carbonyl (C=O) groups excluding carboxylic acids is 2. The molecule has 0 bridgehead atoms. The standard InChI is InChI=1S/C12H11ClN2O2S2/c1-7-8(13)3-2-4-9(7)14-10(16)5-15-11(17)6-19-12(15)18/h2-4H,5-6H2,1H3,(H,14,16). The zero-order valence-electron chi connectivity index (χ0n) is 10.1. The minimum atomic E-state index is -0.288. The molecule has 0 radical (unpaired) electrons. The van der Waals surface area contributed by atoms with Crippen molar-refractivity contribution in [1.29, 1.82) is 0 Å². The molecule has 19 heavy (non-hydrogen) atoms. The van der Waals surface area contributed by atoms with Gasteiger partial charge < -0.3 is 5.32 Å². The summed E-state index contributed by atoms with van der Waals surface area (Å²) in [6, 6.07) is 5.27. The molecule has 1 N–H and O–H groups in total. The van der Waals surface area contributed by atoms with Crippen molar-refractivity contribution in [1.82, 2.24) is 4.90 Å². The third kappa shape index (κ3) is 3.26. The highest BCUT2D eigenvalue weighted by atomic mass is 35.5. The number of anilines is 1. The normalized spacial score (nSPS) is 14.9. The number of hydrogen-bond donors (Lipinski definition) is 1. The third-order valence-corrected chi connectivity index (χ3v) is 4.53. The van der Waals surface area contributed by atoms with E-state index in [-0.39, 0.29) is 18.4 Å². The van der Waals surface area contributed by atoms with Crippen molar-refractivity contribution in [3.05, 3.63) is 28.8 Å². The molecule has 1 fully saturated rings. The number of amides is 2. The van der Waals surface area contributed by atoms with Crippen LogP contribution in [-0.4, -0.2) is 33.3 Å². The van der Waals surface area contributed by atoms with E-state index in [2.05, 4.69) is 5.32 Å². The zero-order chi connectivity index (χ0) is 14.0. The van der Waals surface area contributed by atoms with E-state index in [9.17, 15) is 9.59 Å². The minimum absolute atomic E-state index is 0.0589. The van der Waals surface area contributed by atoms with Crippen molar-refractivity contribution in [2.75, 3.05) is 17.6 Å². The van der Waals surface area contributed by atoms with E-state index < -0.39 is 0 Å². The fourth-order valence-corrected chi connectivity index (χ4v) is 2.85. The molecule has 0 aliphatic carbocycles. The maximum atomic E-state index is 11.9. The molecule has 4 nitrogen and oxygen atoms in total. The Hall–Kier alpha value is -1.11. The number of nitrogens with zero attached hydrogens (tertiary/aromatic N) is 1. The SMILES string of the molecule is Cc1c(Cl)cccc1NC(=O)CN1C(=O)CSC1=S. The Morgan fingerprint density at radius 1 is 1.58 bits per heavy atom. The van der Waals surface area contributed by atoms with E-state index in [4.69, 9.17) is 23.8 Å². The average Bonchev–Trinajstić information content (AvgIpc) is 2.67. The van der Waals surface area contributed by atoms with E-state index in [0.29, 0.717) is 20.8 Å². The largest absolute Gasteiger partial charge is 0.324 e. The monoisotopic (exact) mass is 314 g/mol. The summed E-state index contributed by atoms with van der Waals surface area (Å²) in [7, 11) is 0. The predicted octanol–water partition coefficient (Wildman–Crippen LogP) is 2.45. The van der Waals surface area contributed by atoms with Crippen LogP contribution in [0.1, 0.15) is 5.56 Å². The molecule has 2 rings (SSSR count). The van der Waals surface area contributed by atoms with Crippen LogP contribution in [0.4, 0.5) is 5.69 Å². The lowest BCUT2D eigenvalue weighted by atomic mass is 10.2. The van der Waals surface area contributed by atoms with E-state index in [1.807, 2.05) is 6.92 Å². The molecule has 0 spiro atoms. The summed E-state index contributed by atoms with van der Waals surface area (Å²) >= 11 is 12.3. The molecule has 1 aromatic rings. The van der Waals surface area contributed by atoms with Gasteiger partial charge in [-0.15, -0.1) is 0 Å². The van der Waals surface area contributed by atoms with E-state index >= 15 is 0 Å². The first-order chi connectivity index (χ1) is 8.99. The van der Waals surface area contributed by atoms with Gasteiger partial charge in [-0.1, -0.05) is 41.6 Å². The molecule has 7 heteroatoms. The molecule has 0 unspecified atom stereocenters. The summed E-state index contributed by atoms with van der Waals surface area (Å²) < 4.78 is 0.447. The van der Waals surface area contributed by atoms with Gasteiger partial charge in [-0.2, -0.15) is 0 Å². The summed E-state index contributed by atoms with van der Waals surface area (Å²) in [4.78, 5) is 24.7. The maximum absolute atomic E-state index is 11.9. The van der Waals surface area contributed by atoms with Crippen LogP contribution in [0.3, 0.4) is 0 Å². The van der Waals surface area contributed by atoms with Gasteiger partial charge in [0, 0.05) is 10.7 Å². The fourth-order valence-electron chi connectivity index (χ4n) is 1.61. The second-order valence-corrected chi connectivity index (χ2v) is 6.01. The first-order valence-corrected chi connectivity index (χ1v) is 7.28. The molecular weight excluding hydrogens is 304 g/mol. The number of benzene rings is 1. The maximum Gasteiger partial charge on any atom is 0.244 e. The van der Waals surface area contributed by atoms with Crippen LogP contribution >= 0.6 is 35.6 Å². The van der Waals surface area contributed by atoms with Crippen LogP contribution in [-0.2, 0) is 9.59 Å². The number of nitrogens with one attached hydrogen (secondary N) is 1. The van der Waals surface area contributed by atoms with Crippen LogP contribution in [0.25, 0.3) is 0 Å². The van der Waals surface area contributed by atoms with Crippen LogP contribution in [0, 0.1) is 6.92 Å². The van der Waals surface area contributed by atoms with Crippen LogP contribution in [0.5, 0.6) is 0 Å². The number of thiocarbonyl (C=S) groups is 1. The fraction of sp³-hybridized carbons (Fsp3) is 0.250. The number of rotatable bonds is 3. The number of thioether (sulfide) groups is 1. The zero-order valence-corrected chi connectivity index (χ0v) is 12.5. The van der Waals surface area contributed by atoms with Crippen molar-refractivity contribution >= 4 is 57.4 Å². The lowest BCUT2D eigenvalue weighted by Crippen LogP contribution is -2.36. The Morgan fingerprint density at radius 3 is 2.95 bits per heavy atom. The second-order valence-electron chi connectivity index (χ2n) is 4.00. The molecule has 100 valence electrons. The molecule has 1 aliphatic rings. The molecular formula is C12H11ClN2O2S2. The van der Waals surface area contributed by atoms with Crippen molar-refractivity contribution < 1.29 is 9.59 Å². The number of halogens is 1. The highest BCUT2D eigenvalue weighted by molar-refractivity contribution is 8.23. The van der Waals surface area contributed by atoms with E-state index in [1.165, 1.54) is 16.7 Å². The first-order valence-electron chi connectivity index (χ1n) is 5.51. The van der Waals surface area contributed by atoms with Gasteiger partial charge in [-0.05, 0) is 24.6 Å². The lowest BCUT2D eigenvalue weighted by Gasteiger charge is -2.15. The van der Waals surface area contributed by atoms with Gasteiger partial charge in [-0.3, -0.25) is 14.5 Å². The van der Waals surface area contributed by atoms with Crippen molar-refractivity contribution in [2.24, 2.45) is 0 Å². The number of hydrogen-bond acceptors (Lipinski definition) is 4. The summed E-state index contributed by atoms with van der Waals surface area (Å²) in [6.07, 6.45) is 0. The lowest BCUT2D eigenvalue weighted by molar-refractivity contribution is -0.127. The minimum Gasteiger partial charge on any atom is -0.324 e. The van der Waals surface area contributed by atoms with Gasteiger partial charge in [-0.25, -0.2) is 0 Å². The molecule has 1 aromatic carbocycles. The Kier molecular flexibility index (Phi) is 4.44. The summed E-state index contributed by atoms with van der Waals surface area (Å²) in [5.41, 5.74) is 1.44. The van der Waals surface area contributed by atoms with Gasteiger partial charge in [0.1, 0.15) is 10.9 Å². The first kappa shape index (κ1) is 14.3.